The molecule has 0 heterocycles. The van der Waals surface area contributed by atoms with Gasteiger partial charge in [-0.2, -0.15) is 0 Å². The molecule has 0 aliphatic carbocycles. The Bertz CT molecular complexity index is 437. The third-order valence-electron chi connectivity index (χ3n) is 2.03. The molecule has 0 spiro atoms. The van der Waals surface area contributed by atoms with Crippen LogP contribution in [0.3, 0.4) is 0 Å². The second-order valence-corrected chi connectivity index (χ2v) is 4.16. The summed E-state index contributed by atoms with van der Waals surface area (Å²) in [5.41, 5.74) is 1.96. The molecule has 2 aromatic carbocycles. The van der Waals surface area contributed by atoms with Gasteiger partial charge in [0.2, 0.25) is 0 Å². The van der Waals surface area contributed by atoms with Crippen LogP contribution in [0.15, 0.2) is 48.5 Å². The molecular weight excluding hydrogens is 290 g/mol. The molecule has 0 amide bonds. The molecule has 0 N–H and O–H groups in total. The first-order valence-corrected chi connectivity index (χ1v) is 5.36. The predicted molar refractivity (Wildman–Crippen MR) is 64.6 cm³/mol. The fourth-order valence-electron chi connectivity index (χ4n) is 1.31. The van der Waals surface area contributed by atoms with Gasteiger partial charge >= 0.3 is 0 Å². The van der Waals surface area contributed by atoms with Gasteiger partial charge in [0.25, 0.3) is 0 Å². The highest BCUT2D eigenvalue weighted by atomic mass is 127. The standard InChI is InChI=1S/C12H8FI/c13-11-8-10(6-7-12(11)14)9-4-2-1-3-5-9/h1-8H. The Balaban J connectivity index is 2.48. The fourth-order valence-corrected chi connectivity index (χ4v) is 1.64. The van der Waals surface area contributed by atoms with Crippen molar-refractivity contribution in [1.82, 2.24) is 0 Å². The molecule has 0 unspecified atom stereocenters. The summed E-state index contributed by atoms with van der Waals surface area (Å²) < 4.78 is 13.9. The molecule has 0 aliphatic heterocycles. The summed E-state index contributed by atoms with van der Waals surface area (Å²) >= 11 is 1.99. The minimum Gasteiger partial charge on any atom is -0.206 e. The van der Waals surface area contributed by atoms with E-state index in [0.717, 1.165) is 11.1 Å². The number of rotatable bonds is 1. The Morgan fingerprint density at radius 1 is 0.857 bits per heavy atom. The molecule has 0 bridgehead atoms. The van der Waals surface area contributed by atoms with Crippen molar-refractivity contribution in [3.05, 3.63) is 57.9 Å². The monoisotopic (exact) mass is 298 g/mol. The average molecular weight is 298 g/mol. The summed E-state index contributed by atoms with van der Waals surface area (Å²) in [5.74, 6) is -0.160. The topological polar surface area (TPSA) is 0 Å². The maximum Gasteiger partial charge on any atom is 0.137 e. The Kier molecular flexibility index (Phi) is 2.82. The van der Waals surface area contributed by atoms with E-state index in [-0.39, 0.29) is 5.82 Å². The van der Waals surface area contributed by atoms with Crippen molar-refractivity contribution in [2.75, 3.05) is 0 Å². The lowest BCUT2D eigenvalue weighted by molar-refractivity contribution is 0.621. The van der Waals surface area contributed by atoms with Crippen LogP contribution in [0, 0.1) is 9.39 Å². The Morgan fingerprint density at radius 2 is 1.57 bits per heavy atom. The quantitative estimate of drug-likeness (QED) is 0.695. The van der Waals surface area contributed by atoms with Gasteiger partial charge in [-0.3, -0.25) is 0 Å². The largest absolute Gasteiger partial charge is 0.206 e. The van der Waals surface area contributed by atoms with Gasteiger partial charge in [-0.15, -0.1) is 0 Å². The van der Waals surface area contributed by atoms with E-state index in [0.29, 0.717) is 3.57 Å². The Hall–Kier alpha value is -0.900. The molecule has 70 valence electrons. The molecular formula is C12H8FI. The van der Waals surface area contributed by atoms with E-state index in [2.05, 4.69) is 0 Å². The van der Waals surface area contributed by atoms with Crippen LogP contribution in [-0.2, 0) is 0 Å². The number of hydrogen-bond acceptors (Lipinski definition) is 0. The molecule has 0 saturated heterocycles. The van der Waals surface area contributed by atoms with E-state index in [1.54, 1.807) is 12.1 Å². The van der Waals surface area contributed by atoms with Gasteiger partial charge in [0, 0.05) is 3.57 Å². The normalized spacial score (nSPS) is 10.1. The molecule has 2 aromatic rings. The highest BCUT2D eigenvalue weighted by Crippen LogP contribution is 2.22. The smallest absolute Gasteiger partial charge is 0.137 e. The second-order valence-electron chi connectivity index (χ2n) is 2.99. The second kappa shape index (κ2) is 4.09. The highest BCUT2D eigenvalue weighted by molar-refractivity contribution is 14.1. The number of benzene rings is 2. The lowest BCUT2D eigenvalue weighted by Gasteiger charge is -2.02. The van der Waals surface area contributed by atoms with Gasteiger partial charge in [-0.25, -0.2) is 4.39 Å². The van der Waals surface area contributed by atoms with E-state index >= 15 is 0 Å². The molecule has 0 nitrogen and oxygen atoms in total. The first kappa shape index (κ1) is 9.65. The van der Waals surface area contributed by atoms with E-state index in [1.807, 2.05) is 59.0 Å². The first-order valence-electron chi connectivity index (χ1n) is 4.28. The fraction of sp³-hybridized carbons (Fsp3) is 0. The lowest BCUT2D eigenvalue weighted by atomic mass is 10.1. The van der Waals surface area contributed by atoms with Gasteiger partial charge in [-0.05, 0) is 45.9 Å². The summed E-state index contributed by atoms with van der Waals surface area (Å²) in [5, 5.41) is 0. The van der Waals surface area contributed by atoms with Crippen molar-refractivity contribution >= 4 is 22.6 Å². The van der Waals surface area contributed by atoms with Gasteiger partial charge in [0.05, 0.1) is 0 Å². The van der Waals surface area contributed by atoms with Crippen LogP contribution >= 0.6 is 22.6 Å². The van der Waals surface area contributed by atoms with Crippen molar-refractivity contribution in [3.63, 3.8) is 0 Å². The van der Waals surface area contributed by atoms with Crippen LogP contribution in [0.25, 0.3) is 11.1 Å². The average Bonchev–Trinajstić information content (AvgIpc) is 2.23. The van der Waals surface area contributed by atoms with Crippen molar-refractivity contribution in [1.29, 1.82) is 0 Å². The van der Waals surface area contributed by atoms with E-state index < -0.39 is 0 Å². The molecule has 0 fully saturated rings. The molecule has 2 rings (SSSR count). The van der Waals surface area contributed by atoms with Crippen molar-refractivity contribution in [2.24, 2.45) is 0 Å². The predicted octanol–water partition coefficient (Wildman–Crippen LogP) is 4.10. The minimum absolute atomic E-state index is 0.160. The Morgan fingerprint density at radius 3 is 2.21 bits per heavy atom. The number of halogens is 2. The van der Waals surface area contributed by atoms with Gasteiger partial charge in [0.1, 0.15) is 5.82 Å². The van der Waals surface area contributed by atoms with Crippen LogP contribution in [0.4, 0.5) is 4.39 Å². The zero-order chi connectivity index (χ0) is 9.97. The molecule has 0 aromatic heterocycles. The summed E-state index contributed by atoms with van der Waals surface area (Å²) in [7, 11) is 0. The molecule has 0 aliphatic rings. The van der Waals surface area contributed by atoms with Gasteiger partial charge < -0.3 is 0 Å². The zero-order valence-corrected chi connectivity index (χ0v) is 9.53. The van der Waals surface area contributed by atoms with Gasteiger partial charge in [0.15, 0.2) is 0 Å². The molecule has 0 atom stereocenters. The summed E-state index contributed by atoms with van der Waals surface area (Å²) in [6, 6.07) is 15.1. The van der Waals surface area contributed by atoms with Crippen molar-refractivity contribution in [3.8, 4) is 11.1 Å². The third kappa shape index (κ3) is 1.95. The maximum atomic E-state index is 13.3. The van der Waals surface area contributed by atoms with E-state index in [4.69, 9.17) is 0 Å². The molecule has 14 heavy (non-hydrogen) atoms. The van der Waals surface area contributed by atoms with Crippen LogP contribution in [0.1, 0.15) is 0 Å². The van der Waals surface area contributed by atoms with Crippen LogP contribution in [0.5, 0.6) is 0 Å². The van der Waals surface area contributed by atoms with E-state index in [1.165, 1.54) is 0 Å². The number of hydrogen-bond donors (Lipinski definition) is 0. The highest BCUT2D eigenvalue weighted by Gasteiger charge is 2.01. The van der Waals surface area contributed by atoms with E-state index in [9.17, 15) is 4.39 Å². The molecule has 0 saturated carbocycles. The SMILES string of the molecule is Fc1cc(-c2ccccc2)ccc1I. The summed E-state index contributed by atoms with van der Waals surface area (Å²) in [6.07, 6.45) is 0. The lowest BCUT2D eigenvalue weighted by Crippen LogP contribution is -1.83. The van der Waals surface area contributed by atoms with Crippen LogP contribution in [-0.4, -0.2) is 0 Å². The van der Waals surface area contributed by atoms with Crippen LogP contribution < -0.4 is 0 Å². The maximum absolute atomic E-state index is 13.3. The first-order chi connectivity index (χ1) is 6.77. The Labute approximate surface area is 95.9 Å². The van der Waals surface area contributed by atoms with Crippen molar-refractivity contribution in [2.45, 2.75) is 0 Å². The minimum atomic E-state index is -0.160. The zero-order valence-electron chi connectivity index (χ0n) is 7.37. The van der Waals surface area contributed by atoms with Crippen LogP contribution in [0.2, 0.25) is 0 Å². The third-order valence-corrected chi connectivity index (χ3v) is 2.90. The molecule has 2 heteroatoms. The summed E-state index contributed by atoms with van der Waals surface area (Å²) in [6.45, 7) is 0. The van der Waals surface area contributed by atoms with Crippen molar-refractivity contribution < 1.29 is 4.39 Å². The van der Waals surface area contributed by atoms with Gasteiger partial charge in [-0.1, -0.05) is 36.4 Å². The molecule has 0 radical (unpaired) electrons. The summed E-state index contributed by atoms with van der Waals surface area (Å²) in [4.78, 5) is 0.